The Kier molecular flexibility index (Phi) is 10.8. The molecule has 0 amide bonds. The number of fused-ring (bicyclic) bond motifs is 5. The van der Waals surface area contributed by atoms with Crippen molar-refractivity contribution >= 4 is 5.97 Å². The summed E-state index contributed by atoms with van der Waals surface area (Å²) in [7, 11) is 0. The number of hydrogen-bond acceptors (Lipinski definition) is 6. The predicted molar refractivity (Wildman–Crippen MR) is 159 cm³/mol. The lowest BCUT2D eigenvalue weighted by Crippen LogP contribution is -2.59. The number of esters is 1. The van der Waals surface area contributed by atoms with Crippen molar-refractivity contribution in [2.75, 3.05) is 26.2 Å². The number of carbonyl (C=O) groups excluding carboxylic acids is 1. The molecule has 5 N–H and O–H groups in total. The van der Waals surface area contributed by atoms with Crippen molar-refractivity contribution in [3.63, 3.8) is 0 Å². The molecule has 0 aliphatic heterocycles. The van der Waals surface area contributed by atoms with Crippen molar-refractivity contribution in [1.29, 1.82) is 0 Å². The van der Waals surface area contributed by atoms with Crippen molar-refractivity contribution in [2.24, 2.45) is 52.1 Å². The Labute approximate surface area is 239 Å². The van der Waals surface area contributed by atoms with Gasteiger partial charge in [0.15, 0.2) is 0 Å². The van der Waals surface area contributed by atoms with E-state index in [-0.39, 0.29) is 18.2 Å². The van der Waals surface area contributed by atoms with Gasteiger partial charge in [0, 0.05) is 12.5 Å². The van der Waals surface area contributed by atoms with Gasteiger partial charge in [-0.3, -0.25) is 4.79 Å². The third-order valence-corrected chi connectivity index (χ3v) is 12.1. The van der Waals surface area contributed by atoms with Crippen LogP contribution in [0.25, 0.3) is 0 Å². The van der Waals surface area contributed by atoms with Crippen molar-refractivity contribution in [2.45, 2.75) is 130 Å². The molecule has 39 heavy (non-hydrogen) atoms. The predicted octanol–water partition coefficient (Wildman–Crippen LogP) is 5.27. The van der Waals surface area contributed by atoms with E-state index in [0.29, 0.717) is 58.8 Å². The van der Waals surface area contributed by atoms with Crippen molar-refractivity contribution in [3.05, 3.63) is 0 Å². The van der Waals surface area contributed by atoms with Gasteiger partial charge in [-0.2, -0.15) is 0 Å². The molecule has 0 aromatic rings. The van der Waals surface area contributed by atoms with Gasteiger partial charge in [0.25, 0.3) is 0 Å². The van der Waals surface area contributed by atoms with Gasteiger partial charge in [-0.25, -0.2) is 0 Å². The first-order valence-corrected chi connectivity index (χ1v) is 16.6. The smallest absolute Gasteiger partial charge is 0.306 e. The van der Waals surface area contributed by atoms with Gasteiger partial charge in [0.1, 0.15) is 0 Å². The summed E-state index contributed by atoms with van der Waals surface area (Å²) in [5.74, 6) is 3.50. The molecule has 4 unspecified atom stereocenters. The molecule has 0 heterocycles. The number of hydrogen-bond donors (Lipinski definition) is 4. The molecule has 4 aliphatic rings. The lowest BCUT2D eigenvalue weighted by Gasteiger charge is -2.62. The number of rotatable bonds is 13. The number of ether oxygens (including phenoxy) is 1. The van der Waals surface area contributed by atoms with Crippen LogP contribution in [0.4, 0.5) is 0 Å². The van der Waals surface area contributed by atoms with Gasteiger partial charge < -0.3 is 26.2 Å². The highest BCUT2D eigenvalue weighted by Crippen LogP contribution is 2.68. The van der Waals surface area contributed by atoms with Gasteiger partial charge in [-0.05, 0) is 157 Å². The molecule has 226 valence electrons. The first-order chi connectivity index (χ1) is 18.6. The number of nitrogens with one attached hydrogen (secondary N) is 2. The zero-order valence-electron chi connectivity index (χ0n) is 25.9. The quantitative estimate of drug-likeness (QED) is 0.185. The molecule has 0 spiro atoms. The molecular weight excluding hydrogens is 486 g/mol. The summed E-state index contributed by atoms with van der Waals surface area (Å²) < 4.78 is 5.41. The molecular formula is C33H61N3O3. The Hall–Kier alpha value is -0.690. The van der Waals surface area contributed by atoms with Crippen LogP contribution in [0.5, 0.6) is 0 Å². The molecule has 4 aliphatic carbocycles. The monoisotopic (exact) mass is 547 g/mol. The Morgan fingerprint density at radius 2 is 1.69 bits per heavy atom. The van der Waals surface area contributed by atoms with Crippen LogP contribution in [-0.2, 0) is 9.53 Å². The Balaban J connectivity index is 1.32. The second kappa shape index (κ2) is 13.5. The highest BCUT2D eigenvalue weighted by Gasteiger charge is 2.62. The number of nitrogens with two attached hydrogens (primary N) is 1. The summed E-state index contributed by atoms with van der Waals surface area (Å²) >= 11 is 0. The zero-order chi connectivity index (χ0) is 28.2. The van der Waals surface area contributed by atoms with E-state index < -0.39 is 0 Å². The molecule has 6 heteroatoms. The van der Waals surface area contributed by atoms with E-state index in [4.69, 9.17) is 10.5 Å². The maximum atomic E-state index is 12.2. The molecule has 0 aromatic carbocycles. The largest absolute Gasteiger partial charge is 0.463 e. The zero-order valence-corrected chi connectivity index (χ0v) is 25.9. The van der Waals surface area contributed by atoms with E-state index in [1.165, 1.54) is 44.9 Å². The standard InChI is InChI=1S/C33H61N3O3/c1-22(2)39-30(38)11-8-23(3)26-9-10-27-31-28(13-15-33(26,27)5)32(4)14-12-25(20-24(32)21-29(31)37)36-19-7-18-35-17-6-16-34/h22-29,31,35-37H,6-21,34H2,1-5H3/t23-,24?,25+,26-,27?,28?,29-,31?,32+,33-/m1/s1. The summed E-state index contributed by atoms with van der Waals surface area (Å²) in [4.78, 5) is 12.2. The minimum Gasteiger partial charge on any atom is -0.463 e. The second-order valence-electron chi connectivity index (χ2n) is 14.8. The van der Waals surface area contributed by atoms with E-state index in [0.717, 1.165) is 51.9 Å². The molecule has 0 aromatic heterocycles. The fraction of sp³-hybridized carbons (Fsp3) is 0.970. The van der Waals surface area contributed by atoms with Crippen LogP contribution in [0.15, 0.2) is 0 Å². The van der Waals surface area contributed by atoms with Gasteiger partial charge in [-0.15, -0.1) is 0 Å². The van der Waals surface area contributed by atoms with Crippen molar-refractivity contribution in [3.8, 4) is 0 Å². The molecule has 10 atom stereocenters. The minimum atomic E-state index is -0.154. The van der Waals surface area contributed by atoms with E-state index in [1.54, 1.807) is 0 Å². The molecule has 0 radical (unpaired) electrons. The van der Waals surface area contributed by atoms with Crippen LogP contribution in [0.2, 0.25) is 0 Å². The lowest BCUT2D eigenvalue weighted by molar-refractivity contribution is -0.167. The van der Waals surface area contributed by atoms with E-state index in [9.17, 15) is 9.90 Å². The Morgan fingerprint density at radius 3 is 2.44 bits per heavy atom. The molecule has 4 rings (SSSR count). The van der Waals surface area contributed by atoms with Gasteiger partial charge >= 0.3 is 5.97 Å². The van der Waals surface area contributed by atoms with Crippen LogP contribution in [0, 0.1) is 46.3 Å². The number of aliphatic hydroxyl groups is 1. The summed E-state index contributed by atoms with van der Waals surface area (Å²) in [6.07, 6.45) is 13.4. The van der Waals surface area contributed by atoms with Crippen LogP contribution in [0.3, 0.4) is 0 Å². The molecule has 4 saturated carbocycles. The first kappa shape index (κ1) is 31.3. The SMILES string of the molecule is CC(C)OC(=O)CC[C@@H](C)[C@H]1CCC2C3C(CC[C@@]21C)[C@@]1(C)CC[C@H](NCCCNCCCN)CC1C[C@H]3O. The maximum Gasteiger partial charge on any atom is 0.306 e. The fourth-order valence-electron chi connectivity index (χ4n) is 10.1. The minimum absolute atomic E-state index is 0.0332. The van der Waals surface area contributed by atoms with Crippen LogP contribution < -0.4 is 16.4 Å². The lowest BCUT2D eigenvalue weighted by atomic mass is 9.43. The Bertz CT molecular complexity index is 792. The molecule has 4 fully saturated rings. The number of carbonyl (C=O) groups is 1. The summed E-state index contributed by atoms with van der Waals surface area (Å²) in [5.41, 5.74) is 6.25. The summed E-state index contributed by atoms with van der Waals surface area (Å²) in [5, 5.41) is 19.1. The van der Waals surface area contributed by atoms with E-state index >= 15 is 0 Å². The van der Waals surface area contributed by atoms with Crippen LogP contribution in [-0.4, -0.2) is 55.5 Å². The van der Waals surface area contributed by atoms with E-state index in [2.05, 4.69) is 31.4 Å². The molecule has 6 nitrogen and oxygen atoms in total. The van der Waals surface area contributed by atoms with Gasteiger partial charge in [0.05, 0.1) is 12.2 Å². The average molecular weight is 548 g/mol. The third-order valence-electron chi connectivity index (χ3n) is 12.1. The van der Waals surface area contributed by atoms with Gasteiger partial charge in [-0.1, -0.05) is 20.8 Å². The molecule has 0 saturated heterocycles. The summed E-state index contributed by atoms with van der Waals surface area (Å²) in [6.45, 7) is 15.3. The van der Waals surface area contributed by atoms with Crippen LogP contribution >= 0.6 is 0 Å². The molecule has 0 bridgehead atoms. The average Bonchev–Trinajstić information content (AvgIpc) is 3.24. The topological polar surface area (TPSA) is 96.6 Å². The number of aliphatic hydroxyl groups excluding tert-OH is 1. The highest BCUT2D eigenvalue weighted by molar-refractivity contribution is 5.69. The van der Waals surface area contributed by atoms with Crippen molar-refractivity contribution in [1.82, 2.24) is 10.6 Å². The second-order valence-corrected chi connectivity index (χ2v) is 14.8. The maximum absolute atomic E-state index is 12.2. The van der Waals surface area contributed by atoms with Gasteiger partial charge in [0.2, 0.25) is 0 Å². The van der Waals surface area contributed by atoms with Crippen LogP contribution in [0.1, 0.15) is 112 Å². The highest BCUT2D eigenvalue weighted by atomic mass is 16.5. The first-order valence-electron chi connectivity index (χ1n) is 16.6. The van der Waals surface area contributed by atoms with Crippen molar-refractivity contribution < 1.29 is 14.6 Å². The Morgan fingerprint density at radius 1 is 0.974 bits per heavy atom. The normalized spacial score (nSPS) is 40.6. The third kappa shape index (κ3) is 6.87. The van der Waals surface area contributed by atoms with E-state index in [1.807, 2.05) is 13.8 Å². The summed E-state index contributed by atoms with van der Waals surface area (Å²) in [6, 6.07) is 0.601. The fourth-order valence-corrected chi connectivity index (χ4v) is 10.1.